The lowest BCUT2D eigenvalue weighted by atomic mass is 9.85. The van der Waals surface area contributed by atoms with Crippen LogP contribution >= 0.6 is 0 Å². The SMILES string of the molecule is CN1CC(=O)OB(CC=O)OC(=O)C1. The quantitative estimate of drug-likeness (QED) is 0.406. The highest BCUT2D eigenvalue weighted by Crippen LogP contribution is 2.02. The minimum absolute atomic E-state index is 0.0183. The molecule has 1 saturated heterocycles. The van der Waals surface area contributed by atoms with Gasteiger partial charge in [0.25, 0.3) is 0 Å². The molecule has 0 N–H and O–H groups in total. The first kappa shape index (κ1) is 10.7. The van der Waals surface area contributed by atoms with Crippen LogP contribution in [0.4, 0.5) is 0 Å². The Balaban J connectivity index is 2.59. The van der Waals surface area contributed by atoms with Crippen LogP contribution in [0, 0.1) is 0 Å². The number of aldehydes is 1. The third-order valence-electron chi connectivity index (χ3n) is 1.61. The van der Waals surface area contributed by atoms with Crippen LogP contribution in [0.5, 0.6) is 0 Å². The number of carbonyl (C=O) groups is 3. The van der Waals surface area contributed by atoms with Crippen LogP contribution in [-0.2, 0) is 23.7 Å². The Morgan fingerprint density at radius 3 is 2.29 bits per heavy atom. The van der Waals surface area contributed by atoms with E-state index in [-0.39, 0.29) is 19.4 Å². The fourth-order valence-corrected chi connectivity index (χ4v) is 1.06. The van der Waals surface area contributed by atoms with E-state index in [4.69, 9.17) is 9.31 Å². The van der Waals surface area contributed by atoms with Gasteiger partial charge in [-0.25, -0.2) is 0 Å². The van der Waals surface area contributed by atoms with Gasteiger partial charge in [-0.1, -0.05) is 0 Å². The minimum Gasteiger partial charge on any atom is -0.498 e. The van der Waals surface area contributed by atoms with E-state index in [1.165, 1.54) is 4.90 Å². The van der Waals surface area contributed by atoms with E-state index in [0.29, 0.717) is 6.29 Å². The highest BCUT2D eigenvalue weighted by atomic mass is 16.6. The maximum Gasteiger partial charge on any atom is 0.605 e. The monoisotopic (exact) mass is 199 g/mol. The molecule has 0 spiro atoms. The van der Waals surface area contributed by atoms with Gasteiger partial charge in [-0.15, -0.1) is 0 Å². The summed E-state index contributed by atoms with van der Waals surface area (Å²) in [5.41, 5.74) is 0. The predicted molar refractivity (Wildman–Crippen MR) is 46.3 cm³/mol. The Hall–Kier alpha value is -1.37. The molecule has 6 nitrogen and oxygen atoms in total. The summed E-state index contributed by atoms with van der Waals surface area (Å²) in [6, 6.07) is 0. The van der Waals surface area contributed by atoms with Crippen molar-refractivity contribution >= 4 is 25.3 Å². The van der Waals surface area contributed by atoms with Crippen molar-refractivity contribution < 1.29 is 23.7 Å². The third-order valence-corrected chi connectivity index (χ3v) is 1.61. The molecule has 0 aromatic heterocycles. The molecule has 0 aliphatic carbocycles. The number of nitrogens with zero attached hydrogens (tertiary/aromatic N) is 1. The number of hydrogen-bond donors (Lipinski definition) is 0. The molecule has 1 aliphatic rings. The van der Waals surface area contributed by atoms with Gasteiger partial charge < -0.3 is 14.1 Å². The van der Waals surface area contributed by atoms with Gasteiger partial charge in [-0.2, -0.15) is 0 Å². The van der Waals surface area contributed by atoms with Crippen LogP contribution in [0.1, 0.15) is 0 Å². The number of likely N-dealkylation sites (N-methyl/N-ethyl adjacent to an activating group) is 1. The van der Waals surface area contributed by atoms with Crippen molar-refractivity contribution in [2.45, 2.75) is 6.32 Å². The lowest BCUT2D eigenvalue weighted by Gasteiger charge is -2.21. The van der Waals surface area contributed by atoms with Crippen molar-refractivity contribution in [3.8, 4) is 0 Å². The summed E-state index contributed by atoms with van der Waals surface area (Å²) in [7, 11) is 0.531. The largest absolute Gasteiger partial charge is 0.605 e. The number of rotatable bonds is 2. The Morgan fingerprint density at radius 2 is 1.86 bits per heavy atom. The molecule has 1 aliphatic heterocycles. The topological polar surface area (TPSA) is 72.9 Å². The molecule has 0 radical (unpaired) electrons. The van der Waals surface area contributed by atoms with E-state index < -0.39 is 19.1 Å². The fraction of sp³-hybridized carbons (Fsp3) is 0.571. The van der Waals surface area contributed by atoms with Gasteiger partial charge in [0.15, 0.2) is 0 Å². The summed E-state index contributed by atoms with van der Waals surface area (Å²) in [5, 5.41) is 0. The van der Waals surface area contributed by atoms with Crippen LogP contribution in [0.25, 0.3) is 0 Å². The molecule has 0 aromatic rings. The van der Waals surface area contributed by atoms with Crippen molar-refractivity contribution in [3.63, 3.8) is 0 Å². The molecule has 14 heavy (non-hydrogen) atoms. The Kier molecular flexibility index (Phi) is 3.64. The molecule has 7 heteroatoms. The molecular formula is C7H10BNO5. The highest BCUT2D eigenvalue weighted by Gasteiger charge is 2.30. The van der Waals surface area contributed by atoms with Crippen molar-refractivity contribution in [3.05, 3.63) is 0 Å². The second-order valence-corrected chi connectivity index (χ2v) is 2.98. The molecule has 0 amide bonds. The third kappa shape index (κ3) is 3.17. The average molecular weight is 199 g/mol. The van der Waals surface area contributed by atoms with E-state index in [1.54, 1.807) is 7.05 Å². The molecule has 1 fully saturated rings. The Morgan fingerprint density at radius 1 is 1.36 bits per heavy atom. The molecular weight excluding hydrogens is 189 g/mol. The van der Waals surface area contributed by atoms with Crippen LogP contribution in [0.3, 0.4) is 0 Å². The molecule has 0 unspecified atom stereocenters. The molecule has 0 atom stereocenters. The summed E-state index contributed by atoms with van der Waals surface area (Å²) in [4.78, 5) is 33.8. The van der Waals surface area contributed by atoms with E-state index >= 15 is 0 Å². The van der Waals surface area contributed by atoms with Gasteiger partial charge in [-0.3, -0.25) is 14.5 Å². The highest BCUT2D eigenvalue weighted by molar-refractivity contribution is 6.52. The lowest BCUT2D eigenvalue weighted by molar-refractivity contribution is -0.145. The summed E-state index contributed by atoms with van der Waals surface area (Å²) in [6.07, 6.45) is 0.414. The Labute approximate surface area is 81.3 Å². The van der Waals surface area contributed by atoms with Gasteiger partial charge in [0.1, 0.15) is 6.29 Å². The first-order valence-electron chi connectivity index (χ1n) is 4.13. The molecule has 1 rings (SSSR count). The minimum atomic E-state index is -1.07. The maximum atomic E-state index is 11.1. The van der Waals surface area contributed by atoms with Crippen molar-refractivity contribution in [2.75, 3.05) is 20.1 Å². The number of hydrogen-bond acceptors (Lipinski definition) is 6. The van der Waals surface area contributed by atoms with E-state index in [0.717, 1.165) is 0 Å². The maximum absolute atomic E-state index is 11.1. The zero-order chi connectivity index (χ0) is 10.6. The van der Waals surface area contributed by atoms with Crippen molar-refractivity contribution in [2.24, 2.45) is 0 Å². The van der Waals surface area contributed by atoms with E-state index in [1.807, 2.05) is 0 Å². The first-order chi connectivity index (χ1) is 6.61. The average Bonchev–Trinajstić information content (AvgIpc) is 2.00. The Bertz CT molecular complexity index is 236. The molecule has 76 valence electrons. The lowest BCUT2D eigenvalue weighted by Crippen LogP contribution is -2.42. The van der Waals surface area contributed by atoms with Gasteiger partial charge >= 0.3 is 19.1 Å². The summed E-state index contributed by atoms with van der Waals surface area (Å²) < 4.78 is 9.44. The molecule has 0 bridgehead atoms. The van der Waals surface area contributed by atoms with Crippen molar-refractivity contribution in [1.82, 2.24) is 4.90 Å². The molecule has 0 saturated carbocycles. The summed E-state index contributed by atoms with van der Waals surface area (Å²) >= 11 is 0. The van der Waals surface area contributed by atoms with Crippen LogP contribution in [0.2, 0.25) is 6.32 Å². The van der Waals surface area contributed by atoms with Crippen LogP contribution in [0.15, 0.2) is 0 Å². The summed E-state index contributed by atoms with van der Waals surface area (Å²) in [5.74, 6) is -1.02. The second kappa shape index (κ2) is 4.76. The van der Waals surface area contributed by atoms with Gasteiger partial charge in [0.05, 0.1) is 19.4 Å². The normalized spacial score (nSPS) is 19.4. The predicted octanol–water partition coefficient (Wildman–Crippen LogP) is -1.29. The molecule has 1 heterocycles. The summed E-state index contributed by atoms with van der Waals surface area (Å²) in [6.45, 7) is 0.0366. The number of carbonyl (C=O) groups excluding carboxylic acids is 3. The van der Waals surface area contributed by atoms with Gasteiger partial charge in [0.2, 0.25) is 0 Å². The van der Waals surface area contributed by atoms with E-state index in [2.05, 4.69) is 0 Å². The van der Waals surface area contributed by atoms with Crippen LogP contribution in [-0.4, -0.2) is 50.4 Å². The smallest absolute Gasteiger partial charge is 0.498 e. The van der Waals surface area contributed by atoms with Crippen LogP contribution < -0.4 is 0 Å². The van der Waals surface area contributed by atoms with Gasteiger partial charge in [0, 0.05) is 0 Å². The molecule has 0 aromatic carbocycles. The fourth-order valence-electron chi connectivity index (χ4n) is 1.06. The first-order valence-corrected chi connectivity index (χ1v) is 4.13. The van der Waals surface area contributed by atoms with Crippen molar-refractivity contribution in [1.29, 1.82) is 0 Å². The zero-order valence-corrected chi connectivity index (χ0v) is 7.76. The van der Waals surface area contributed by atoms with Gasteiger partial charge in [-0.05, 0) is 7.05 Å². The van der Waals surface area contributed by atoms with E-state index in [9.17, 15) is 14.4 Å². The zero-order valence-electron chi connectivity index (χ0n) is 7.76. The standard InChI is InChI=1S/C7H10BNO5/c1-9-4-6(11)13-8(2-3-10)14-7(12)5-9/h3H,2,4-5H2,1H3. The second-order valence-electron chi connectivity index (χ2n) is 2.98.